The van der Waals surface area contributed by atoms with Crippen molar-refractivity contribution in [3.8, 4) is 50.8 Å². The first kappa shape index (κ1) is 64.1. The summed E-state index contributed by atoms with van der Waals surface area (Å²) in [5.74, 6) is 0. The number of hydrogen-bond acceptors (Lipinski definition) is 5. The van der Waals surface area contributed by atoms with Gasteiger partial charge in [0.1, 0.15) is 5.58 Å². The number of para-hydroxylation sites is 3. The van der Waals surface area contributed by atoms with E-state index in [-0.39, 0.29) is 23.0 Å². The first-order chi connectivity index (χ1) is 50.9. The number of nitrogens with zero attached hydrogens (tertiary/aromatic N) is 5. The number of anilines is 5. The van der Waals surface area contributed by atoms with Gasteiger partial charge in [0.05, 0.1) is 55.4 Å². The highest BCUT2D eigenvalue weighted by Gasteiger charge is 2.45. The van der Waals surface area contributed by atoms with Crippen LogP contribution in [0.3, 0.4) is 0 Å². The van der Waals surface area contributed by atoms with Crippen LogP contribution in [-0.4, -0.2) is 15.8 Å². The Morgan fingerprint density at radius 3 is 1.63 bits per heavy atom. The molecule has 0 fully saturated rings. The van der Waals surface area contributed by atoms with Gasteiger partial charge in [0.15, 0.2) is 5.58 Å². The molecule has 19 rings (SSSR count). The Labute approximate surface area is 618 Å². The molecule has 0 spiro atoms. The molecule has 0 radical (unpaired) electrons. The molecule has 0 saturated heterocycles. The minimum Gasteiger partial charge on any atom is -0.455 e. The second-order valence-corrected chi connectivity index (χ2v) is 32.9. The monoisotopic (exact) mass is 1370 g/mol. The number of benzene rings is 13. The zero-order chi connectivity index (χ0) is 71.4. The molecule has 2 aliphatic heterocycles. The molecule has 5 heterocycles. The average molecular weight is 1370 g/mol. The summed E-state index contributed by atoms with van der Waals surface area (Å²) in [4.78, 5) is 7.49. The predicted octanol–water partition coefficient (Wildman–Crippen LogP) is 24.8. The summed E-state index contributed by atoms with van der Waals surface area (Å²) in [7, 11) is 0. The summed E-state index contributed by atoms with van der Waals surface area (Å²) < 4.78 is 12.6. The molecule has 0 atom stereocenters. The van der Waals surface area contributed by atoms with E-state index in [1.807, 2.05) is 17.8 Å². The molecule has 6 nitrogen and oxygen atoms in total. The fraction of sp³-hybridized carbons (Fsp3) is 0.144. The van der Waals surface area contributed by atoms with E-state index in [1.54, 1.807) is 0 Å². The highest BCUT2D eigenvalue weighted by atomic mass is 32.2. The number of furan rings is 1. The van der Waals surface area contributed by atoms with Gasteiger partial charge >= 0.3 is 0 Å². The van der Waals surface area contributed by atoms with Crippen molar-refractivity contribution in [3.63, 3.8) is 0 Å². The molecule has 1 aliphatic carbocycles. The minimum atomic E-state index is -0.317. The van der Waals surface area contributed by atoms with Crippen LogP contribution in [0.1, 0.15) is 91.8 Å². The van der Waals surface area contributed by atoms with Crippen LogP contribution in [0.4, 0.5) is 28.4 Å². The van der Waals surface area contributed by atoms with Crippen LogP contribution in [0.2, 0.25) is 0 Å². The van der Waals surface area contributed by atoms with Crippen molar-refractivity contribution in [3.05, 3.63) is 313 Å². The smallest absolute Gasteiger partial charge is 0.249 e. The maximum Gasteiger partial charge on any atom is 0.249 e. The summed E-state index contributed by atoms with van der Waals surface area (Å²) >= 11 is 1.84. The van der Waals surface area contributed by atoms with Gasteiger partial charge in [-0.2, -0.15) is 5.26 Å². The maximum atomic E-state index is 10.7. The van der Waals surface area contributed by atoms with Crippen LogP contribution >= 0.6 is 11.8 Å². The lowest BCUT2D eigenvalue weighted by Crippen LogP contribution is -2.60. The summed E-state index contributed by atoms with van der Waals surface area (Å²) in [6.45, 7) is 20.5. The minimum absolute atomic E-state index is 0.0266. The third-order valence-electron chi connectivity index (χ3n) is 22.4. The molecule has 0 unspecified atom stereocenters. The van der Waals surface area contributed by atoms with Gasteiger partial charge in [0, 0.05) is 83.5 Å². The van der Waals surface area contributed by atoms with Crippen molar-refractivity contribution in [1.29, 1.82) is 5.26 Å². The quantitative estimate of drug-likeness (QED) is 0.106. The molecule has 0 N–H and O–H groups in total. The lowest BCUT2D eigenvalue weighted by atomic mass is 9.34. The zero-order valence-electron chi connectivity index (χ0n) is 60.7. The number of nitriles is 1. The summed E-state index contributed by atoms with van der Waals surface area (Å²) in [5, 5.41) is 17.4. The van der Waals surface area contributed by atoms with Gasteiger partial charge < -0.3 is 23.4 Å². The van der Waals surface area contributed by atoms with Crippen LogP contribution in [-0.2, 0) is 10.8 Å². The number of fused-ring (bicyclic) bond motifs is 14. The van der Waals surface area contributed by atoms with Gasteiger partial charge in [-0.15, -0.1) is 0 Å². The van der Waals surface area contributed by atoms with Crippen molar-refractivity contribution >= 4 is 129 Å². The predicted molar refractivity (Wildman–Crippen MR) is 444 cm³/mol. The number of aromatic nitrogens is 2. The molecule has 13 aromatic carbocycles. The Morgan fingerprint density at radius 2 is 1.01 bits per heavy atom. The Balaban J connectivity index is 0.978. The molecule has 506 valence electrons. The van der Waals surface area contributed by atoms with E-state index in [4.69, 9.17) is 4.42 Å². The van der Waals surface area contributed by atoms with Crippen LogP contribution < -0.4 is 26.2 Å². The van der Waals surface area contributed by atoms with Crippen molar-refractivity contribution < 1.29 is 4.42 Å². The van der Waals surface area contributed by atoms with E-state index in [2.05, 4.69) is 366 Å². The summed E-state index contributed by atoms with van der Waals surface area (Å²) in [6, 6.07) is 104. The maximum absolute atomic E-state index is 10.7. The Bertz CT molecular complexity index is 6270. The SMILES string of the molecule is CC(C)(C)C1=CCC(N(c2ccc(C(C)(C)C)cc2)c2cc3c(c4oc5ccccc5c24)Sc2cc(-n4c5ccc(C#N)cc5c5cc(C(C)(C)C)ccc54)cc4c2B3c2ccc(-n3c5ccccc5c5ccccc53)cc2N4c2c(-c3ccccc3)cc(-c3ccccc3)cc2-c2ccccc2)=CC1. The van der Waals surface area contributed by atoms with Crippen LogP contribution in [0.5, 0.6) is 0 Å². The molecule has 8 heteroatoms. The first-order valence-corrected chi connectivity index (χ1v) is 37.6. The molecule has 16 aromatic rings. The second-order valence-electron chi connectivity index (χ2n) is 31.9. The summed E-state index contributed by atoms with van der Waals surface area (Å²) in [6.07, 6.45) is 6.62. The molecule has 105 heavy (non-hydrogen) atoms. The van der Waals surface area contributed by atoms with E-state index >= 15 is 0 Å². The molecule has 0 saturated carbocycles. The average Bonchev–Trinajstić information content (AvgIpc) is 1.62. The van der Waals surface area contributed by atoms with E-state index in [0.717, 1.165) is 151 Å². The Kier molecular flexibility index (Phi) is 14.8. The van der Waals surface area contributed by atoms with E-state index in [1.165, 1.54) is 49.6 Å². The van der Waals surface area contributed by atoms with Gasteiger partial charge in [-0.05, 0) is 176 Å². The van der Waals surface area contributed by atoms with Gasteiger partial charge in [0.2, 0.25) is 6.71 Å². The Hall–Kier alpha value is -11.8. The van der Waals surface area contributed by atoms with E-state index in [0.29, 0.717) is 5.56 Å². The molecule has 0 amide bonds. The molecular weight excluding hydrogens is 1290 g/mol. The lowest BCUT2D eigenvalue weighted by molar-refractivity contribution is 0.489. The van der Waals surface area contributed by atoms with Crippen molar-refractivity contribution in [1.82, 2.24) is 9.13 Å². The van der Waals surface area contributed by atoms with Crippen molar-refractivity contribution in [2.45, 2.75) is 95.8 Å². The van der Waals surface area contributed by atoms with Gasteiger partial charge in [0.25, 0.3) is 0 Å². The second kappa shape index (κ2) is 24.2. The van der Waals surface area contributed by atoms with E-state index < -0.39 is 0 Å². The van der Waals surface area contributed by atoms with Gasteiger partial charge in [-0.1, -0.05) is 262 Å². The zero-order valence-corrected chi connectivity index (χ0v) is 61.5. The molecule has 3 aliphatic rings. The van der Waals surface area contributed by atoms with Crippen LogP contribution in [0.15, 0.2) is 311 Å². The van der Waals surface area contributed by atoms with Crippen molar-refractivity contribution in [2.24, 2.45) is 5.41 Å². The Morgan fingerprint density at radius 1 is 0.448 bits per heavy atom. The third-order valence-corrected chi connectivity index (χ3v) is 23.6. The summed E-state index contributed by atoms with van der Waals surface area (Å²) in [5.41, 5.74) is 29.5. The standard InChI is InChI=1S/C97H78BN5OS/c1-95(2,3)65-38-43-68(44-39-65)100(69-45-40-66(41-46-69)96(4,5)6)86-58-80-94(93-90(86)74-33-21-24-36-88(74)104-93)105-89-57-71(102-83-49-37-60(59-99)51-77(83)78-54-67(97(7,8)9)42-50-84(78)102)56-87-91(89)98(80)79-48-47-70(101-81-34-22-19-31-72(81)73-32-20-23-35-82(73)101)55-85(79)103(87)92-75(62-27-15-11-16-28-62)52-64(61-25-13-10-14-26-61)53-76(92)63-29-17-12-18-30-63/h10-40,42-44,46-58H,41,45H2,1-9H3. The fourth-order valence-corrected chi connectivity index (χ4v) is 18.4. The number of allylic oxidation sites excluding steroid dienone is 3. The van der Waals surface area contributed by atoms with Crippen LogP contribution in [0, 0.1) is 16.7 Å². The largest absolute Gasteiger partial charge is 0.455 e. The van der Waals surface area contributed by atoms with E-state index in [9.17, 15) is 5.26 Å². The fourth-order valence-electron chi connectivity index (χ4n) is 17.1. The van der Waals surface area contributed by atoms with Crippen LogP contribution in [0.25, 0.3) is 110 Å². The first-order valence-electron chi connectivity index (χ1n) is 36.8. The third kappa shape index (κ3) is 10.4. The number of rotatable bonds is 9. The molecule has 3 aromatic heterocycles. The highest BCUT2D eigenvalue weighted by molar-refractivity contribution is 8.00. The molecular formula is C97H78BN5OS. The van der Waals surface area contributed by atoms with Gasteiger partial charge in [-0.25, -0.2) is 0 Å². The highest BCUT2D eigenvalue weighted by Crippen LogP contribution is 2.55. The van der Waals surface area contributed by atoms with Gasteiger partial charge in [-0.3, -0.25) is 0 Å². The molecule has 0 bridgehead atoms. The normalized spacial score (nSPS) is 13.7. The topological polar surface area (TPSA) is 53.3 Å². The lowest BCUT2D eigenvalue weighted by Gasteiger charge is -2.42. The van der Waals surface area contributed by atoms with Crippen molar-refractivity contribution in [2.75, 3.05) is 9.80 Å². The number of hydrogen-bond donors (Lipinski definition) is 0.